The number of amides is 1. The number of hydrogen-bond donors (Lipinski definition) is 3. The first-order valence-electron chi connectivity index (χ1n) is 5.63. The first-order chi connectivity index (χ1) is 8.22. The molecule has 1 aromatic rings. The number of ether oxygens (including phenoxy) is 1. The number of aromatic amines is 1. The van der Waals surface area contributed by atoms with Crippen LogP contribution in [0.3, 0.4) is 0 Å². The summed E-state index contributed by atoms with van der Waals surface area (Å²) in [4.78, 5) is 16.0. The summed E-state index contributed by atoms with van der Waals surface area (Å²) in [5.41, 5.74) is 0. The lowest BCUT2D eigenvalue weighted by molar-refractivity contribution is -0.126. The molecule has 94 valence electrons. The zero-order chi connectivity index (χ0) is 12.3. The van der Waals surface area contributed by atoms with E-state index in [9.17, 15) is 4.79 Å². The van der Waals surface area contributed by atoms with Crippen molar-refractivity contribution < 1.29 is 9.53 Å². The molecule has 1 aliphatic heterocycles. The van der Waals surface area contributed by atoms with Crippen LogP contribution in [0.15, 0.2) is 6.33 Å². The van der Waals surface area contributed by atoms with Crippen molar-refractivity contribution in [1.82, 2.24) is 25.8 Å². The van der Waals surface area contributed by atoms with E-state index < -0.39 is 0 Å². The van der Waals surface area contributed by atoms with E-state index in [2.05, 4.69) is 25.8 Å². The van der Waals surface area contributed by atoms with E-state index >= 15 is 0 Å². The molecule has 7 nitrogen and oxygen atoms in total. The van der Waals surface area contributed by atoms with Gasteiger partial charge in [-0.1, -0.05) is 0 Å². The smallest absolute Gasteiger partial charge is 0.227 e. The maximum Gasteiger partial charge on any atom is 0.227 e. The Balaban J connectivity index is 1.92. The fraction of sp³-hybridized carbons (Fsp3) is 0.700. The molecule has 3 unspecified atom stereocenters. The number of rotatable bonds is 4. The number of nitrogens with one attached hydrogen (secondary N) is 3. The van der Waals surface area contributed by atoms with Crippen molar-refractivity contribution in [3.8, 4) is 0 Å². The highest BCUT2D eigenvalue weighted by atomic mass is 16.5. The van der Waals surface area contributed by atoms with Crippen LogP contribution in [0, 0.1) is 5.92 Å². The maximum atomic E-state index is 12.0. The van der Waals surface area contributed by atoms with E-state index in [1.54, 1.807) is 0 Å². The maximum absolute atomic E-state index is 12.0. The quantitative estimate of drug-likeness (QED) is 0.641. The van der Waals surface area contributed by atoms with E-state index in [0.29, 0.717) is 19.0 Å². The molecule has 1 fully saturated rings. The molecular formula is C10H17N5O2. The van der Waals surface area contributed by atoms with Gasteiger partial charge < -0.3 is 15.4 Å². The number of likely N-dealkylation sites (N-methyl/N-ethyl adjacent to an activating group) is 1. The van der Waals surface area contributed by atoms with Gasteiger partial charge in [-0.3, -0.25) is 9.89 Å². The van der Waals surface area contributed by atoms with Crippen LogP contribution in [0.2, 0.25) is 0 Å². The van der Waals surface area contributed by atoms with Crippen LogP contribution in [0.1, 0.15) is 18.8 Å². The third-order valence-electron chi connectivity index (χ3n) is 2.99. The monoisotopic (exact) mass is 239 g/mol. The number of aromatic nitrogens is 3. The number of carbonyl (C=O) groups is 1. The average molecular weight is 239 g/mol. The predicted octanol–water partition coefficient (Wildman–Crippen LogP) is -0.784. The zero-order valence-corrected chi connectivity index (χ0v) is 9.93. The zero-order valence-electron chi connectivity index (χ0n) is 9.93. The van der Waals surface area contributed by atoms with Gasteiger partial charge in [-0.05, 0) is 14.0 Å². The minimum Gasteiger partial charge on any atom is -0.379 e. The van der Waals surface area contributed by atoms with Gasteiger partial charge in [0.15, 0.2) is 0 Å². The van der Waals surface area contributed by atoms with E-state index in [0.717, 1.165) is 0 Å². The van der Waals surface area contributed by atoms with Crippen LogP contribution >= 0.6 is 0 Å². The van der Waals surface area contributed by atoms with Crippen molar-refractivity contribution in [1.29, 1.82) is 0 Å². The molecule has 1 aliphatic rings. The summed E-state index contributed by atoms with van der Waals surface area (Å²) >= 11 is 0. The van der Waals surface area contributed by atoms with Gasteiger partial charge >= 0.3 is 0 Å². The number of carbonyl (C=O) groups excluding carboxylic acids is 1. The molecule has 7 heteroatoms. The first-order valence-corrected chi connectivity index (χ1v) is 5.63. The number of nitrogens with zero attached hydrogens (tertiary/aromatic N) is 2. The third-order valence-corrected chi connectivity index (χ3v) is 2.99. The normalized spacial score (nSPS) is 25.8. The van der Waals surface area contributed by atoms with Gasteiger partial charge in [0.1, 0.15) is 12.2 Å². The van der Waals surface area contributed by atoms with Crippen LogP contribution in [-0.2, 0) is 9.53 Å². The van der Waals surface area contributed by atoms with E-state index in [4.69, 9.17) is 4.74 Å². The number of hydrogen-bond acceptors (Lipinski definition) is 5. The Morgan fingerprint density at radius 1 is 1.65 bits per heavy atom. The van der Waals surface area contributed by atoms with Crippen molar-refractivity contribution in [3.63, 3.8) is 0 Å². The van der Waals surface area contributed by atoms with Crippen molar-refractivity contribution in [2.75, 3.05) is 20.3 Å². The lowest BCUT2D eigenvalue weighted by atomic mass is 10.0. The molecule has 0 bridgehead atoms. The second kappa shape index (κ2) is 5.24. The molecule has 2 heterocycles. The SMILES string of the molecule is CNC1COCC1C(=O)NC(C)c1ncn[nH]1. The Kier molecular flexibility index (Phi) is 3.70. The fourth-order valence-electron chi connectivity index (χ4n) is 1.91. The highest BCUT2D eigenvalue weighted by Gasteiger charge is 2.33. The molecule has 0 saturated carbocycles. The summed E-state index contributed by atoms with van der Waals surface area (Å²) < 4.78 is 5.29. The molecule has 0 spiro atoms. The topological polar surface area (TPSA) is 91.9 Å². The Bertz CT molecular complexity index is 367. The molecule has 2 rings (SSSR count). The summed E-state index contributed by atoms with van der Waals surface area (Å²) in [6, 6.07) is -0.0972. The van der Waals surface area contributed by atoms with Gasteiger partial charge in [0.05, 0.1) is 25.2 Å². The molecule has 17 heavy (non-hydrogen) atoms. The summed E-state index contributed by atoms with van der Waals surface area (Å²) in [5.74, 6) is 0.481. The minimum atomic E-state index is -0.178. The molecule has 0 aliphatic carbocycles. The second-order valence-corrected chi connectivity index (χ2v) is 4.14. The molecule has 1 saturated heterocycles. The highest BCUT2D eigenvalue weighted by Crippen LogP contribution is 2.15. The van der Waals surface area contributed by atoms with Gasteiger partial charge in [-0.25, -0.2) is 4.98 Å². The van der Waals surface area contributed by atoms with Crippen molar-refractivity contribution >= 4 is 5.91 Å². The standard InChI is InChI=1S/C10H17N5O2/c1-6(9-12-5-13-15-9)14-10(16)7-3-17-4-8(7)11-2/h5-8,11H,3-4H2,1-2H3,(H,14,16)(H,12,13,15). The first kappa shape index (κ1) is 12.0. The minimum absolute atomic E-state index is 0.0225. The molecule has 0 radical (unpaired) electrons. The molecular weight excluding hydrogens is 222 g/mol. The van der Waals surface area contributed by atoms with Gasteiger partial charge in [0.25, 0.3) is 0 Å². The van der Waals surface area contributed by atoms with E-state index in [1.807, 2.05) is 14.0 Å². The van der Waals surface area contributed by atoms with Crippen molar-refractivity contribution in [2.24, 2.45) is 5.92 Å². The summed E-state index contributed by atoms with van der Waals surface area (Å²) in [7, 11) is 1.83. The van der Waals surface area contributed by atoms with Gasteiger partial charge in [-0.2, -0.15) is 5.10 Å². The largest absolute Gasteiger partial charge is 0.379 e. The van der Waals surface area contributed by atoms with Crippen molar-refractivity contribution in [3.05, 3.63) is 12.2 Å². The lowest BCUT2D eigenvalue weighted by Crippen LogP contribution is -2.43. The molecule has 3 N–H and O–H groups in total. The molecule has 3 atom stereocenters. The van der Waals surface area contributed by atoms with Crippen molar-refractivity contribution in [2.45, 2.75) is 19.0 Å². The summed E-state index contributed by atoms with van der Waals surface area (Å²) in [5, 5.41) is 12.5. The number of H-pyrrole nitrogens is 1. The third kappa shape index (κ3) is 2.62. The molecule has 1 aromatic heterocycles. The fourth-order valence-corrected chi connectivity index (χ4v) is 1.91. The highest BCUT2D eigenvalue weighted by molar-refractivity contribution is 5.80. The average Bonchev–Trinajstić information content (AvgIpc) is 2.99. The Hall–Kier alpha value is -1.47. The molecule has 0 aromatic carbocycles. The van der Waals surface area contributed by atoms with Crippen LogP contribution < -0.4 is 10.6 Å². The van der Waals surface area contributed by atoms with Crippen LogP contribution in [0.4, 0.5) is 0 Å². The summed E-state index contributed by atoms with van der Waals surface area (Å²) in [6.45, 7) is 2.90. The Morgan fingerprint density at radius 3 is 3.12 bits per heavy atom. The van der Waals surface area contributed by atoms with Crippen LogP contribution in [0.25, 0.3) is 0 Å². The Labute approximate surface area is 99.3 Å². The summed E-state index contributed by atoms with van der Waals surface area (Å²) in [6.07, 6.45) is 1.42. The van der Waals surface area contributed by atoms with Crippen LogP contribution in [0.5, 0.6) is 0 Å². The van der Waals surface area contributed by atoms with E-state index in [-0.39, 0.29) is 23.9 Å². The predicted molar refractivity (Wildman–Crippen MR) is 60.1 cm³/mol. The van der Waals surface area contributed by atoms with Gasteiger partial charge in [0.2, 0.25) is 5.91 Å². The lowest BCUT2D eigenvalue weighted by Gasteiger charge is -2.18. The Morgan fingerprint density at radius 2 is 2.47 bits per heavy atom. The second-order valence-electron chi connectivity index (χ2n) is 4.14. The van der Waals surface area contributed by atoms with Gasteiger partial charge in [-0.15, -0.1) is 0 Å². The molecule has 1 amide bonds. The van der Waals surface area contributed by atoms with E-state index in [1.165, 1.54) is 6.33 Å². The van der Waals surface area contributed by atoms with Gasteiger partial charge in [0, 0.05) is 6.04 Å². The van der Waals surface area contributed by atoms with Crippen LogP contribution in [-0.4, -0.2) is 47.4 Å².